The summed E-state index contributed by atoms with van der Waals surface area (Å²) in [5.74, 6) is -3.98. The summed E-state index contributed by atoms with van der Waals surface area (Å²) < 4.78 is 1.77. The maximum atomic E-state index is 14.3. The Hall–Kier alpha value is -5.66. The summed E-state index contributed by atoms with van der Waals surface area (Å²) in [6, 6.07) is 15.7. The van der Waals surface area contributed by atoms with Crippen molar-refractivity contribution in [2.75, 3.05) is 11.9 Å². The number of carbonyl (C=O) groups excluding carboxylic acids is 4. The molecule has 47 heavy (non-hydrogen) atoms. The van der Waals surface area contributed by atoms with Crippen molar-refractivity contribution in [3.8, 4) is 22.4 Å². The highest BCUT2D eigenvalue weighted by molar-refractivity contribution is 6.12. The number of nitrogens with one attached hydrogen (secondary N) is 3. The SMILES string of the molecule is CC(=O)NC(CCC(=O)O)C(=O)Nc1c(-c2ccccc2)c(-c2ccccc2)n(C(C)C)c1C(=O)NC(CCCN=C(N)N)C(N)=O. The van der Waals surface area contributed by atoms with Crippen LogP contribution < -0.4 is 33.2 Å². The van der Waals surface area contributed by atoms with Crippen LogP contribution in [0.15, 0.2) is 65.7 Å². The predicted octanol–water partition coefficient (Wildman–Crippen LogP) is 2.35. The van der Waals surface area contributed by atoms with Crippen molar-refractivity contribution >= 4 is 41.2 Å². The average molecular weight is 647 g/mol. The van der Waals surface area contributed by atoms with E-state index in [1.165, 1.54) is 6.92 Å². The first kappa shape index (κ1) is 35.8. The Kier molecular flexibility index (Phi) is 12.6. The Morgan fingerprint density at radius 1 is 0.851 bits per heavy atom. The molecule has 0 bridgehead atoms. The molecule has 2 aromatic carbocycles. The number of carboxylic acids is 1. The molecule has 3 aromatic rings. The minimum absolute atomic E-state index is 0.0290. The van der Waals surface area contributed by atoms with Gasteiger partial charge in [-0.3, -0.25) is 29.0 Å². The molecule has 0 saturated heterocycles. The molecule has 3 rings (SSSR count). The fourth-order valence-corrected chi connectivity index (χ4v) is 5.22. The van der Waals surface area contributed by atoms with Crippen LogP contribution in [-0.2, 0) is 19.2 Å². The number of anilines is 1. The Balaban J connectivity index is 2.28. The normalized spacial score (nSPS) is 12.1. The zero-order valence-electron chi connectivity index (χ0n) is 26.7. The van der Waals surface area contributed by atoms with Gasteiger partial charge in [0.2, 0.25) is 17.7 Å². The summed E-state index contributed by atoms with van der Waals surface area (Å²) in [5.41, 5.74) is 19.1. The number of aliphatic carboxylic acids is 1. The standard InChI is InChI=1S/C33H42N8O6/c1-19(2)41-28(22-13-8-5-9-14-22)26(21-11-6-4-7-12-21)27(40-31(46)24(38-20(3)42)16-17-25(43)44)29(41)32(47)39-23(30(34)45)15-10-18-37-33(35)36/h4-9,11-14,19,23-24H,10,15-18H2,1-3H3,(H2,34,45)(H,38,42)(H,39,47)(H,40,46)(H,43,44)(H4,35,36,37). The summed E-state index contributed by atoms with van der Waals surface area (Å²) in [7, 11) is 0. The lowest BCUT2D eigenvalue weighted by atomic mass is 9.99. The van der Waals surface area contributed by atoms with Gasteiger partial charge in [0.05, 0.1) is 11.4 Å². The molecular weight excluding hydrogens is 604 g/mol. The van der Waals surface area contributed by atoms with Gasteiger partial charge in [-0.1, -0.05) is 60.7 Å². The number of aromatic nitrogens is 1. The number of benzene rings is 2. The highest BCUT2D eigenvalue weighted by Gasteiger charge is 2.34. The maximum Gasteiger partial charge on any atom is 0.303 e. The lowest BCUT2D eigenvalue weighted by Crippen LogP contribution is -2.46. The van der Waals surface area contributed by atoms with Gasteiger partial charge in [0.25, 0.3) is 5.91 Å². The van der Waals surface area contributed by atoms with E-state index in [2.05, 4.69) is 20.9 Å². The van der Waals surface area contributed by atoms with Crippen LogP contribution >= 0.6 is 0 Å². The van der Waals surface area contributed by atoms with Crippen LogP contribution in [0.4, 0.5) is 5.69 Å². The average Bonchev–Trinajstić information content (AvgIpc) is 3.36. The van der Waals surface area contributed by atoms with Crippen molar-refractivity contribution in [2.45, 2.75) is 64.6 Å². The number of hydrogen-bond donors (Lipinski definition) is 7. The monoisotopic (exact) mass is 646 g/mol. The molecule has 2 unspecified atom stereocenters. The van der Waals surface area contributed by atoms with Crippen LogP contribution in [0.3, 0.4) is 0 Å². The van der Waals surface area contributed by atoms with Crippen LogP contribution in [0.5, 0.6) is 0 Å². The molecule has 0 aliphatic carbocycles. The molecule has 1 aromatic heterocycles. The highest BCUT2D eigenvalue weighted by atomic mass is 16.4. The van der Waals surface area contributed by atoms with E-state index in [0.717, 1.165) is 5.56 Å². The largest absolute Gasteiger partial charge is 0.481 e. The number of rotatable bonds is 16. The van der Waals surface area contributed by atoms with Gasteiger partial charge in [-0.25, -0.2) is 0 Å². The number of hydrogen-bond acceptors (Lipinski definition) is 6. The number of guanidine groups is 1. The second-order valence-corrected chi connectivity index (χ2v) is 11.2. The van der Waals surface area contributed by atoms with Gasteiger partial charge in [-0.2, -0.15) is 0 Å². The molecule has 1 heterocycles. The summed E-state index contributed by atoms with van der Waals surface area (Å²) in [5, 5.41) is 17.4. The molecule has 2 atom stereocenters. The zero-order chi connectivity index (χ0) is 34.7. The van der Waals surface area contributed by atoms with E-state index in [1.807, 2.05) is 74.5 Å². The third kappa shape index (κ3) is 9.66. The third-order valence-electron chi connectivity index (χ3n) is 7.23. The topological polar surface area (TPSA) is 237 Å². The van der Waals surface area contributed by atoms with E-state index in [4.69, 9.17) is 17.2 Å². The van der Waals surface area contributed by atoms with Crippen LogP contribution in [0.2, 0.25) is 0 Å². The molecule has 14 nitrogen and oxygen atoms in total. The smallest absolute Gasteiger partial charge is 0.303 e. The number of aliphatic imine (C=N–C) groups is 1. The fourth-order valence-electron chi connectivity index (χ4n) is 5.22. The van der Waals surface area contributed by atoms with Crippen LogP contribution in [0.1, 0.15) is 63.0 Å². The van der Waals surface area contributed by atoms with Crippen LogP contribution in [0, 0.1) is 0 Å². The second-order valence-electron chi connectivity index (χ2n) is 11.2. The van der Waals surface area contributed by atoms with Crippen molar-refractivity contribution < 1.29 is 29.1 Å². The lowest BCUT2D eigenvalue weighted by Gasteiger charge is -2.21. The Bertz CT molecular complexity index is 1610. The van der Waals surface area contributed by atoms with Gasteiger partial charge in [0.15, 0.2) is 5.96 Å². The highest BCUT2D eigenvalue weighted by Crippen LogP contribution is 2.44. The van der Waals surface area contributed by atoms with Crippen molar-refractivity contribution in [1.29, 1.82) is 0 Å². The fraction of sp³-hybridized carbons (Fsp3) is 0.333. The van der Waals surface area contributed by atoms with Gasteiger partial charge >= 0.3 is 5.97 Å². The predicted molar refractivity (Wildman–Crippen MR) is 179 cm³/mol. The van der Waals surface area contributed by atoms with Gasteiger partial charge < -0.3 is 42.8 Å². The van der Waals surface area contributed by atoms with Crippen LogP contribution in [-0.4, -0.2) is 63.9 Å². The molecule has 250 valence electrons. The Labute approximate surface area is 272 Å². The van der Waals surface area contributed by atoms with Crippen molar-refractivity contribution in [2.24, 2.45) is 22.2 Å². The van der Waals surface area contributed by atoms with E-state index >= 15 is 0 Å². The number of primary amides is 1. The molecule has 14 heteroatoms. The molecular formula is C33H42N8O6. The number of amides is 4. The van der Waals surface area contributed by atoms with E-state index in [9.17, 15) is 29.1 Å². The first-order valence-electron chi connectivity index (χ1n) is 15.2. The van der Waals surface area contributed by atoms with E-state index < -0.39 is 41.7 Å². The second kappa shape index (κ2) is 16.6. The number of nitrogens with two attached hydrogens (primary N) is 3. The zero-order valence-corrected chi connectivity index (χ0v) is 26.7. The third-order valence-corrected chi connectivity index (χ3v) is 7.23. The summed E-state index contributed by atoms with van der Waals surface area (Å²) in [6.07, 6.45) is -0.107. The van der Waals surface area contributed by atoms with Crippen LogP contribution in [0.25, 0.3) is 22.4 Å². The summed E-state index contributed by atoms with van der Waals surface area (Å²) in [6.45, 7) is 5.17. The quantitative estimate of drug-likeness (QED) is 0.0691. The molecule has 0 spiro atoms. The number of carbonyl (C=O) groups is 5. The molecule has 0 aliphatic heterocycles. The number of nitrogens with zero attached hydrogens (tertiary/aromatic N) is 2. The molecule has 0 radical (unpaired) electrons. The van der Waals surface area contributed by atoms with Gasteiger partial charge in [0, 0.05) is 31.5 Å². The molecule has 0 aliphatic rings. The number of carboxylic acid groups (broad SMARTS) is 1. The van der Waals surface area contributed by atoms with Gasteiger partial charge in [-0.15, -0.1) is 0 Å². The molecule has 10 N–H and O–H groups in total. The summed E-state index contributed by atoms with van der Waals surface area (Å²) >= 11 is 0. The van der Waals surface area contributed by atoms with Crippen molar-refractivity contribution in [3.63, 3.8) is 0 Å². The summed E-state index contributed by atoms with van der Waals surface area (Å²) in [4.78, 5) is 67.9. The molecule has 0 saturated carbocycles. The Morgan fingerprint density at radius 3 is 1.96 bits per heavy atom. The first-order valence-corrected chi connectivity index (χ1v) is 15.2. The first-order chi connectivity index (χ1) is 22.3. The van der Waals surface area contributed by atoms with E-state index in [1.54, 1.807) is 4.57 Å². The Morgan fingerprint density at radius 2 is 1.45 bits per heavy atom. The minimum atomic E-state index is -1.22. The van der Waals surface area contributed by atoms with Crippen molar-refractivity contribution in [3.05, 3.63) is 66.4 Å². The van der Waals surface area contributed by atoms with Crippen molar-refractivity contribution in [1.82, 2.24) is 15.2 Å². The molecule has 4 amide bonds. The molecule has 0 fully saturated rings. The van der Waals surface area contributed by atoms with E-state index in [-0.39, 0.29) is 49.2 Å². The van der Waals surface area contributed by atoms with E-state index in [0.29, 0.717) is 23.2 Å². The minimum Gasteiger partial charge on any atom is -0.481 e. The van der Waals surface area contributed by atoms with Gasteiger partial charge in [-0.05, 0) is 44.2 Å². The lowest BCUT2D eigenvalue weighted by molar-refractivity contribution is -0.137. The maximum absolute atomic E-state index is 14.3. The van der Waals surface area contributed by atoms with Gasteiger partial charge in [0.1, 0.15) is 17.8 Å².